The van der Waals surface area contributed by atoms with Gasteiger partial charge in [0, 0.05) is 12.0 Å². The molecule has 0 aromatic heterocycles. The largest absolute Gasteiger partial charge is 0.469 e. The van der Waals surface area contributed by atoms with Gasteiger partial charge in [0.1, 0.15) is 12.0 Å². The maximum atomic E-state index is 11.7. The van der Waals surface area contributed by atoms with Gasteiger partial charge in [0.05, 0.1) is 13.7 Å². The van der Waals surface area contributed by atoms with Crippen molar-refractivity contribution in [3.05, 3.63) is 35.4 Å². The number of nitrogens with two attached hydrogens (primary N) is 1. The Morgan fingerprint density at radius 2 is 2.19 bits per heavy atom. The fraction of sp³-hybridized carbons (Fsp3) is 0.462. The summed E-state index contributed by atoms with van der Waals surface area (Å²) in [6.07, 6.45) is 0.908. The molecule has 0 spiro atoms. The van der Waals surface area contributed by atoms with Crippen LogP contribution in [0.2, 0.25) is 0 Å². The zero-order valence-corrected chi connectivity index (χ0v) is 9.77. The Morgan fingerprint density at radius 1 is 1.44 bits per heavy atom. The topological polar surface area (TPSA) is 42.9 Å². The quantitative estimate of drug-likeness (QED) is 0.749. The lowest BCUT2D eigenvalue weighted by atomic mass is 9.91. The molecule has 1 saturated heterocycles. The van der Waals surface area contributed by atoms with Gasteiger partial charge in [0.2, 0.25) is 0 Å². The fourth-order valence-electron chi connectivity index (χ4n) is 2.52. The first-order valence-electron chi connectivity index (χ1n) is 5.70. The molecule has 0 amide bonds. The van der Waals surface area contributed by atoms with E-state index in [0.717, 1.165) is 13.0 Å². The van der Waals surface area contributed by atoms with Crippen LogP contribution in [0, 0.1) is 12.8 Å². The zero-order chi connectivity index (χ0) is 11.5. The molecule has 1 fully saturated rings. The van der Waals surface area contributed by atoms with Crippen LogP contribution < -0.4 is 5.32 Å². The van der Waals surface area contributed by atoms with Gasteiger partial charge >= 0.3 is 5.97 Å². The number of quaternary nitrogens is 1. The molecular formula is C13H18NO2+. The third kappa shape index (κ3) is 1.95. The summed E-state index contributed by atoms with van der Waals surface area (Å²) in [5.41, 5.74) is 2.51. The first-order chi connectivity index (χ1) is 7.74. The highest BCUT2D eigenvalue weighted by atomic mass is 16.5. The van der Waals surface area contributed by atoms with Crippen molar-refractivity contribution in [1.29, 1.82) is 0 Å². The van der Waals surface area contributed by atoms with Gasteiger partial charge in [-0.25, -0.2) is 0 Å². The fourth-order valence-corrected chi connectivity index (χ4v) is 2.52. The standard InChI is InChI=1S/C13H17NO2/c1-9-5-3-4-6-10(9)12-11(7-8-14-12)13(15)16-2/h3-6,11-12,14H,7-8H2,1-2H3/p+1/t11-,12-/m1/s1. The van der Waals surface area contributed by atoms with Crippen LogP contribution in [0.25, 0.3) is 0 Å². The number of aryl methyl sites for hydroxylation is 1. The number of ether oxygens (including phenoxy) is 1. The first kappa shape index (κ1) is 11.1. The molecule has 0 radical (unpaired) electrons. The molecular weight excluding hydrogens is 202 g/mol. The number of benzene rings is 1. The van der Waals surface area contributed by atoms with Gasteiger partial charge in [-0.2, -0.15) is 0 Å². The lowest BCUT2D eigenvalue weighted by Crippen LogP contribution is -2.82. The molecule has 86 valence electrons. The smallest absolute Gasteiger partial charge is 0.315 e. The molecule has 1 aliphatic heterocycles. The molecule has 1 aromatic carbocycles. The van der Waals surface area contributed by atoms with Crippen molar-refractivity contribution in [3.63, 3.8) is 0 Å². The van der Waals surface area contributed by atoms with Crippen molar-refractivity contribution >= 4 is 5.97 Å². The molecule has 3 nitrogen and oxygen atoms in total. The van der Waals surface area contributed by atoms with Gasteiger partial charge < -0.3 is 10.1 Å². The third-order valence-corrected chi connectivity index (χ3v) is 3.38. The van der Waals surface area contributed by atoms with Gasteiger partial charge in [0.15, 0.2) is 0 Å². The minimum Gasteiger partial charge on any atom is -0.469 e. The number of carbonyl (C=O) groups is 1. The summed E-state index contributed by atoms with van der Waals surface area (Å²) in [5.74, 6) is -0.0758. The van der Waals surface area contributed by atoms with Gasteiger partial charge in [-0.3, -0.25) is 4.79 Å². The molecule has 1 aliphatic rings. The van der Waals surface area contributed by atoms with E-state index in [0.29, 0.717) is 0 Å². The Bertz CT molecular complexity index is 389. The lowest BCUT2D eigenvalue weighted by Gasteiger charge is -2.16. The van der Waals surface area contributed by atoms with E-state index in [1.165, 1.54) is 18.2 Å². The Morgan fingerprint density at radius 3 is 2.88 bits per heavy atom. The van der Waals surface area contributed by atoms with E-state index in [9.17, 15) is 4.79 Å². The van der Waals surface area contributed by atoms with Gasteiger partial charge in [-0.1, -0.05) is 24.3 Å². The molecule has 2 rings (SSSR count). The first-order valence-corrected chi connectivity index (χ1v) is 5.70. The summed E-state index contributed by atoms with van der Waals surface area (Å²) in [5, 5.41) is 2.24. The van der Waals surface area contributed by atoms with E-state index in [1.54, 1.807) is 0 Å². The number of rotatable bonds is 2. The molecule has 0 aliphatic carbocycles. The average Bonchev–Trinajstić information content (AvgIpc) is 2.77. The number of hydrogen-bond donors (Lipinski definition) is 1. The summed E-state index contributed by atoms with van der Waals surface area (Å²) in [6, 6.07) is 8.49. The molecule has 1 heterocycles. The molecule has 1 aromatic rings. The van der Waals surface area contributed by atoms with E-state index in [2.05, 4.69) is 24.4 Å². The maximum absolute atomic E-state index is 11.7. The minimum atomic E-state index is -0.0815. The van der Waals surface area contributed by atoms with Crippen LogP contribution >= 0.6 is 0 Å². The van der Waals surface area contributed by atoms with Crippen molar-refractivity contribution in [2.75, 3.05) is 13.7 Å². The molecule has 2 N–H and O–H groups in total. The highest BCUT2D eigenvalue weighted by Crippen LogP contribution is 2.27. The van der Waals surface area contributed by atoms with Crippen molar-refractivity contribution in [3.8, 4) is 0 Å². The predicted molar refractivity (Wildman–Crippen MR) is 60.8 cm³/mol. The van der Waals surface area contributed by atoms with E-state index < -0.39 is 0 Å². The van der Waals surface area contributed by atoms with Crippen LogP contribution in [0.3, 0.4) is 0 Å². The van der Waals surface area contributed by atoms with Crippen LogP contribution in [0.15, 0.2) is 24.3 Å². The molecule has 0 saturated carbocycles. The van der Waals surface area contributed by atoms with Crippen molar-refractivity contribution in [2.45, 2.75) is 19.4 Å². The monoisotopic (exact) mass is 220 g/mol. The zero-order valence-electron chi connectivity index (χ0n) is 9.77. The van der Waals surface area contributed by atoms with Crippen molar-refractivity contribution < 1.29 is 14.8 Å². The molecule has 0 unspecified atom stereocenters. The van der Waals surface area contributed by atoms with Crippen LogP contribution in [0.1, 0.15) is 23.6 Å². The van der Waals surface area contributed by atoms with E-state index >= 15 is 0 Å². The van der Waals surface area contributed by atoms with E-state index in [4.69, 9.17) is 4.74 Å². The van der Waals surface area contributed by atoms with Gasteiger partial charge in [-0.15, -0.1) is 0 Å². The number of esters is 1. The number of hydrogen-bond acceptors (Lipinski definition) is 2. The molecule has 3 heteroatoms. The second-order valence-corrected chi connectivity index (χ2v) is 4.33. The van der Waals surface area contributed by atoms with Crippen LogP contribution in [-0.2, 0) is 9.53 Å². The Balaban J connectivity index is 2.27. The SMILES string of the molecule is COC(=O)[C@@H]1CC[NH2+][C@@H]1c1ccccc1C. The second-order valence-electron chi connectivity index (χ2n) is 4.33. The predicted octanol–water partition coefficient (Wildman–Crippen LogP) is 0.792. The van der Waals surface area contributed by atoms with Crippen LogP contribution in [0.4, 0.5) is 0 Å². The Hall–Kier alpha value is -1.35. The third-order valence-electron chi connectivity index (χ3n) is 3.38. The van der Waals surface area contributed by atoms with E-state index in [-0.39, 0.29) is 17.9 Å². The normalized spacial score (nSPS) is 24.4. The number of methoxy groups -OCH3 is 1. The second kappa shape index (κ2) is 4.66. The summed E-state index contributed by atoms with van der Waals surface area (Å²) in [6.45, 7) is 3.09. The minimum absolute atomic E-state index is 0.00565. The highest BCUT2D eigenvalue weighted by Gasteiger charge is 2.38. The average molecular weight is 220 g/mol. The van der Waals surface area contributed by atoms with E-state index in [1.807, 2.05) is 12.1 Å². The highest BCUT2D eigenvalue weighted by molar-refractivity contribution is 5.73. The summed E-state index contributed by atoms with van der Waals surface area (Å²) >= 11 is 0. The molecule has 2 atom stereocenters. The summed E-state index contributed by atoms with van der Waals surface area (Å²) < 4.78 is 4.87. The van der Waals surface area contributed by atoms with Gasteiger partial charge in [0.25, 0.3) is 0 Å². The Kier molecular flexibility index (Phi) is 3.25. The maximum Gasteiger partial charge on any atom is 0.315 e. The summed E-state index contributed by atoms with van der Waals surface area (Å²) in [4.78, 5) is 11.7. The van der Waals surface area contributed by atoms with Crippen LogP contribution in [-0.4, -0.2) is 19.6 Å². The van der Waals surface area contributed by atoms with Crippen LogP contribution in [0.5, 0.6) is 0 Å². The lowest BCUT2D eigenvalue weighted by molar-refractivity contribution is -0.678. The van der Waals surface area contributed by atoms with Gasteiger partial charge in [-0.05, 0) is 12.5 Å². The number of carbonyl (C=O) groups excluding carboxylic acids is 1. The molecule has 0 bridgehead atoms. The van der Waals surface area contributed by atoms with Crippen molar-refractivity contribution in [2.24, 2.45) is 5.92 Å². The molecule has 16 heavy (non-hydrogen) atoms. The Labute approximate surface area is 95.8 Å². The summed E-state index contributed by atoms with van der Waals surface area (Å²) in [7, 11) is 1.47. The van der Waals surface area contributed by atoms with Crippen molar-refractivity contribution in [1.82, 2.24) is 0 Å².